The second-order valence-corrected chi connectivity index (χ2v) is 11.1. The molecule has 11 heteroatoms. The van der Waals surface area contributed by atoms with Gasteiger partial charge in [-0.3, -0.25) is 15.1 Å². The SMILES string of the molecule is C[N+]1(c2cn[nH]c2)C=CNc2cc(C3(c4cc(S(N)(=O)=O)ccc4Oc4ccncc4)C=NC=CC3)ccc21. The highest BCUT2D eigenvalue weighted by atomic mass is 32.2. The van der Waals surface area contributed by atoms with Crippen LogP contribution in [0.15, 0.2) is 108 Å². The monoisotopic (exact) mass is 540 g/mol. The summed E-state index contributed by atoms with van der Waals surface area (Å²) in [5, 5.41) is 16.0. The number of nitrogens with zero attached hydrogens (tertiary/aromatic N) is 4. The third-order valence-corrected chi connectivity index (χ3v) is 8.12. The first-order chi connectivity index (χ1) is 18.8. The van der Waals surface area contributed by atoms with Gasteiger partial charge in [0.2, 0.25) is 10.0 Å². The van der Waals surface area contributed by atoms with Gasteiger partial charge < -0.3 is 10.1 Å². The Morgan fingerprint density at radius 2 is 1.95 bits per heavy atom. The van der Waals surface area contributed by atoms with Gasteiger partial charge in [-0.2, -0.15) is 5.10 Å². The first-order valence-corrected chi connectivity index (χ1v) is 13.7. The summed E-state index contributed by atoms with van der Waals surface area (Å²) in [6.07, 6.45) is 16.9. The third kappa shape index (κ3) is 4.32. The zero-order chi connectivity index (χ0) is 27.1. The Morgan fingerprint density at radius 3 is 2.67 bits per heavy atom. The maximum Gasteiger partial charge on any atom is 0.238 e. The summed E-state index contributed by atoms with van der Waals surface area (Å²) in [5.41, 5.74) is 3.59. The largest absolute Gasteiger partial charge is 0.457 e. The van der Waals surface area contributed by atoms with E-state index in [1.165, 1.54) is 6.07 Å². The number of ether oxygens (including phenoxy) is 1. The van der Waals surface area contributed by atoms with Gasteiger partial charge in [-0.25, -0.2) is 18.0 Å². The first kappa shape index (κ1) is 24.7. The van der Waals surface area contributed by atoms with Crippen LogP contribution in [0.3, 0.4) is 0 Å². The molecular weight excluding hydrogens is 514 g/mol. The second-order valence-electron chi connectivity index (χ2n) is 9.55. The number of sulfonamides is 1. The minimum atomic E-state index is -3.98. The zero-order valence-electron chi connectivity index (χ0n) is 21.0. The number of fused-ring (bicyclic) bond motifs is 1. The predicted octanol–water partition coefficient (Wildman–Crippen LogP) is 4.68. The lowest BCUT2D eigenvalue weighted by Crippen LogP contribution is -2.36. The lowest BCUT2D eigenvalue weighted by atomic mass is 9.71. The van der Waals surface area contributed by atoms with E-state index in [1.807, 2.05) is 37.0 Å². The fraction of sp³-hybridized carbons (Fsp3) is 0.107. The van der Waals surface area contributed by atoms with Crippen LogP contribution in [-0.2, 0) is 15.4 Å². The van der Waals surface area contributed by atoms with Crippen LogP contribution >= 0.6 is 0 Å². The molecule has 2 unspecified atom stereocenters. The number of hydrogen-bond acceptors (Lipinski definition) is 7. The molecule has 4 N–H and O–H groups in total. The topological polar surface area (TPSA) is 135 Å². The number of anilines is 1. The molecule has 4 heterocycles. The van der Waals surface area contributed by atoms with Crippen molar-refractivity contribution in [3.63, 3.8) is 0 Å². The van der Waals surface area contributed by atoms with Crippen molar-refractivity contribution in [2.24, 2.45) is 10.1 Å². The number of hydrogen-bond donors (Lipinski definition) is 3. The number of primary sulfonamides is 1. The maximum absolute atomic E-state index is 12.4. The van der Waals surface area contributed by atoms with Gasteiger partial charge in [-0.05, 0) is 48.4 Å². The number of rotatable bonds is 6. The number of aliphatic imine (C=N–C) groups is 1. The number of allylic oxidation sites excluding steroid dienone is 1. The summed E-state index contributed by atoms with van der Waals surface area (Å²) in [5.74, 6) is 1.05. The van der Waals surface area contributed by atoms with Crippen molar-refractivity contribution in [3.05, 3.63) is 109 Å². The number of aromatic nitrogens is 3. The van der Waals surface area contributed by atoms with E-state index in [0.717, 1.165) is 22.6 Å². The number of H-pyrrole nitrogens is 1. The zero-order valence-corrected chi connectivity index (χ0v) is 21.8. The average molecular weight is 541 g/mol. The molecule has 196 valence electrons. The molecule has 2 aliphatic rings. The van der Waals surface area contributed by atoms with Gasteiger partial charge in [0.25, 0.3) is 0 Å². The van der Waals surface area contributed by atoms with Crippen LogP contribution in [0.2, 0.25) is 0 Å². The van der Waals surface area contributed by atoms with Gasteiger partial charge in [-0.15, -0.1) is 0 Å². The molecule has 2 aromatic carbocycles. The van der Waals surface area contributed by atoms with Crippen molar-refractivity contribution in [2.45, 2.75) is 16.7 Å². The molecule has 39 heavy (non-hydrogen) atoms. The Morgan fingerprint density at radius 1 is 1.10 bits per heavy atom. The summed E-state index contributed by atoms with van der Waals surface area (Å²) in [6.45, 7) is 0. The molecule has 0 amide bonds. The molecule has 0 saturated heterocycles. The molecule has 0 spiro atoms. The fourth-order valence-electron chi connectivity index (χ4n) is 5.12. The van der Waals surface area contributed by atoms with Gasteiger partial charge in [0.1, 0.15) is 29.6 Å². The lowest BCUT2D eigenvalue weighted by molar-refractivity contribution is 0.466. The number of nitrogens with two attached hydrogens (primary N) is 1. The van der Waals surface area contributed by atoms with Crippen LogP contribution in [0.25, 0.3) is 0 Å². The molecular formula is C28H26N7O3S+. The molecule has 6 rings (SSSR count). The van der Waals surface area contributed by atoms with Crippen LogP contribution in [0.5, 0.6) is 11.5 Å². The Balaban J connectivity index is 1.54. The van der Waals surface area contributed by atoms with E-state index in [0.29, 0.717) is 28.0 Å². The van der Waals surface area contributed by atoms with E-state index in [4.69, 9.17) is 9.88 Å². The second kappa shape index (κ2) is 9.31. The number of nitrogens with one attached hydrogen (secondary N) is 2. The van der Waals surface area contributed by atoms with Crippen LogP contribution in [0.4, 0.5) is 17.1 Å². The highest BCUT2D eigenvalue weighted by Crippen LogP contribution is 2.47. The Kier molecular flexibility index (Phi) is 5.91. The summed E-state index contributed by atoms with van der Waals surface area (Å²) in [7, 11) is -1.90. The van der Waals surface area contributed by atoms with Gasteiger partial charge in [0.15, 0.2) is 11.4 Å². The highest BCUT2D eigenvalue weighted by molar-refractivity contribution is 7.89. The predicted molar refractivity (Wildman–Crippen MR) is 150 cm³/mol. The number of pyridine rings is 1. The van der Waals surface area contributed by atoms with E-state index >= 15 is 0 Å². The minimum Gasteiger partial charge on any atom is -0.457 e. The Labute approximate surface area is 225 Å². The van der Waals surface area contributed by atoms with Crippen molar-refractivity contribution in [1.29, 1.82) is 0 Å². The molecule has 0 radical (unpaired) electrons. The van der Waals surface area contributed by atoms with E-state index in [-0.39, 0.29) is 4.90 Å². The van der Waals surface area contributed by atoms with Crippen LogP contribution in [-0.4, -0.2) is 36.9 Å². The van der Waals surface area contributed by atoms with Crippen molar-refractivity contribution in [1.82, 2.24) is 19.7 Å². The van der Waals surface area contributed by atoms with Crippen LogP contribution in [0.1, 0.15) is 17.5 Å². The maximum atomic E-state index is 12.4. The van der Waals surface area contributed by atoms with Crippen molar-refractivity contribution in [3.8, 4) is 11.5 Å². The van der Waals surface area contributed by atoms with Crippen molar-refractivity contribution >= 4 is 33.3 Å². The molecule has 4 aromatic rings. The molecule has 0 fully saturated rings. The van der Waals surface area contributed by atoms with Crippen LogP contribution < -0.4 is 19.7 Å². The molecule has 2 atom stereocenters. The average Bonchev–Trinajstić information content (AvgIpc) is 3.50. The summed E-state index contributed by atoms with van der Waals surface area (Å²) in [6, 6.07) is 14.3. The molecule has 0 saturated carbocycles. The van der Waals surface area contributed by atoms with E-state index in [2.05, 4.69) is 44.7 Å². The van der Waals surface area contributed by atoms with Gasteiger partial charge in [-0.1, -0.05) is 12.1 Å². The van der Waals surface area contributed by atoms with Crippen molar-refractivity contribution in [2.75, 3.05) is 12.4 Å². The first-order valence-electron chi connectivity index (χ1n) is 12.2. The van der Waals surface area contributed by atoms with Gasteiger partial charge in [0.05, 0.1) is 29.8 Å². The normalized spacial score (nSPS) is 21.8. The summed E-state index contributed by atoms with van der Waals surface area (Å²) >= 11 is 0. The Hall–Kier alpha value is -4.58. The van der Waals surface area contributed by atoms with E-state index < -0.39 is 15.4 Å². The summed E-state index contributed by atoms with van der Waals surface area (Å²) in [4.78, 5) is 8.55. The number of aromatic amines is 1. The van der Waals surface area contributed by atoms with E-state index in [9.17, 15) is 8.42 Å². The molecule has 0 bridgehead atoms. The van der Waals surface area contributed by atoms with E-state index in [1.54, 1.807) is 49.1 Å². The smallest absolute Gasteiger partial charge is 0.238 e. The van der Waals surface area contributed by atoms with Crippen LogP contribution in [0, 0.1) is 0 Å². The van der Waals surface area contributed by atoms with Crippen molar-refractivity contribution < 1.29 is 13.2 Å². The quantitative estimate of drug-likeness (QED) is 0.304. The highest BCUT2D eigenvalue weighted by Gasteiger charge is 2.39. The minimum absolute atomic E-state index is 0.00914. The standard InChI is InChI=1S/C28H26N7O3S/c1-35(21-17-33-34-18-21)14-13-32-25-15-20(3-5-26(25)35)28(9-2-10-31-19-28)24-16-23(39(29,36)37)4-6-27(24)38-22-7-11-30-12-8-22/h2-8,10-19,32H,9H2,1H3,(H,33,34)(H2,29,36,37)/q+1. The van der Waals surface area contributed by atoms with Gasteiger partial charge >= 0.3 is 0 Å². The Bertz CT molecular complexity index is 1730. The number of benzene rings is 2. The molecule has 10 nitrogen and oxygen atoms in total. The fourth-order valence-corrected chi connectivity index (χ4v) is 5.66. The molecule has 2 aliphatic heterocycles. The molecule has 0 aliphatic carbocycles. The summed E-state index contributed by atoms with van der Waals surface area (Å²) < 4.78 is 31.5. The number of quaternary nitrogens is 1. The lowest BCUT2D eigenvalue weighted by Gasteiger charge is -2.36. The van der Waals surface area contributed by atoms with Gasteiger partial charge in [0, 0.05) is 36.4 Å². The molecule has 2 aromatic heterocycles. The third-order valence-electron chi connectivity index (χ3n) is 7.21.